The van der Waals surface area contributed by atoms with Crippen LogP contribution in [-0.2, 0) is 19.2 Å². The van der Waals surface area contributed by atoms with Gasteiger partial charge in [0.15, 0.2) is 0 Å². The number of nitrogens with zero attached hydrogens (tertiary/aromatic N) is 1. The summed E-state index contributed by atoms with van der Waals surface area (Å²) in [5, 5.41) is 14.7. The average Bonchev–Trinajstić information content (AvgIpc) is 3.13. The Kier molecular flexibility index (Phi) is 9.74. The summed E-state index contributed by atoms with van der Waals surface area (Å²) in [5.41, 5.74) is 5.90. The van der Waals surface area contributed by atoms with Crippen molar-refractivity contribution in [2.24, 2.45) is 23.5 Å². The lowest BCUT2D eigenvalue weighted by molar-refractivity contribution is -0.145. The third-order valence-corrected chi connectivity index (χ3v) is 5.41. The molecule has 3 amide bonds. The highest BCUT2D eigenvalue weighted by Crippen LogP contribution is 2.21. The number of hydrogen-bond acceptors (Lipinski definition) is 5. The van der Waals surface area contributed by atoms with Crippen molar-refractivity contribution in [3.05, 3.63) is 0 Å². The van der Waals surface area contributed by atoms with Crippen LogP contribution in [-0.4, -0.2) is 64.4 Å². The van der Waals surface area contributed by atoms with Gasteiger partial charge in [-0.2, -0.15) is 0 Å². The van der Waals surface area contributed by atoms with Crippen LogP contribution in [0.3, 0.4) is 0 Å². The fraction of sp³-hybridized carbons (Fsp3) is 0.810. The predicted molar refractivity (Wildman–Crippen MR) is 113 cm³/mol. The van der Waals surface area contributed by atoms with E-state index < -0.39 is 42.0 Å². The van der Waals surface area contributed by atoms with Gasteiger partial charge in [-0.1, -0.05) is 41.5 Å². The molecule has 9 nitrogen and oxygen atoms in total. The van der Waals surface area contributed by atoms with E-state index in [1.165, 1.54) is 4.90 Å². The Balaban J connectivity index is 2.93. The number of carboxylic acids is 1. The second kappa shape index (κ2) is 11.3. The minimum absolute atomic E-state index is 0.0767. The molecule has 1 rings (SSSR count). The number of amides is 3. The minimum Gasteiger partial charge on any atom is -0.480 e. The van der Waals surface area contributed by atoms with Gasteiger partial charge in [0, 0.05) is 6.54 Å². The van der Waals surface area contributed by atoms with Crippen molar-refractivity contribution in [1.82, 2.24) is 15.5 Å². The Labute approximate surface area is 179 Å². The van der Waals surface area contributed by atoms with Crippen LogP contribution >= 0.6 is 0 Å². The maximum atomic E-state index is 13.2. The van der Waals surface area contributed by atoms with Gasteiger partial charge in [-0.05, 0) is 37.0 Å². The summed E-state index contributed by atoms with van der Waals surface area (Å²) >= 11 is 0. The summed E-state index contributed by atoms with van der Waals surface area (Å²) < 4.78 is 0. The lowest BCUT2D eigenvalue weighted by Crippen LogP contribution is -2.58. The molecule has 1 heterocycles. The highest BCUT2D eigenvalue weighted by atomic mass is 16.4. The minimum atomic E-state index is -1.09. The van der Waals surface area contributed by atoms with Gasteiger partial charge in [0.2, 0.25) is 17.7 Å². The fourth-order valence-corrected chi connectivity index (χ4v) is 3.51. The van der Waals surface area contributed by atoms with Gasteiger partial charge in [0.1, 0.15) is 18.1 Å². The van der Waals surface area contributed by atoms with Crippen LogP contribution in [0.4, 0.5) is 0 Å². The number of nitrogens with two attached hydrogens (primary N) is 1. The van der Waals surface area contributed by atoms with Crippen LogP contribution in [0, 0.1) is 17.8 Å². The topological polar surface area (TPSA) is 142 Å². The molecule has 1 saturated heterocycles. The number of aliphatic carboxylic acids is 1. The molecule has 1 aliphatic heterocycles. The van der Waals surface area contributed by atoms with E-state index in [0.717, 1.165) is 0 Å². The van der Waals surface area contributed by atoms with Crippen molar-refractivity contribution in [1.29, 1.82) is 0 Å². The van der Waals surface area contributed by atoms with Crippen LogP contribution in [0.15, 0.2) is 0 Å². The third kappa shape index (κ3) is 6.97. The van der Waals surface area contributed by atoms with Crippen molar-refractivity contribution in [2.75, 3.05) is 6.54 Å². The maximum absolute atomic E-state index is 13.2. The van der Waals surface area contributed by atoms with Gasteiger partial charge in [-0.3, -0.25) is 14.4 Å². The molecule has 5 N–H and O–H groups in total. The van der Waals surface area contributed by atoms with Crippen molar-refractivity contribution in [2.45, 2.75) is 85.0 Å². The Morgan fingerprint density at radius 3 is 2.10 bits per heavy atom. The fourth-order valence-electron chi connectivity index (χ4n) is 3.51. The van der Waals surface area contributed by atoms with Crippen molar-refractivity contribution >= 4 is 23.7 Å². The number of rotatable bonds is 10. The molecule has 172 valence electrons. The van der Waals surface area contributed by atoms with Crippen LogP contribution in [0.5, 0.6) is 0 Å². The largest absolute Gasteiger partial charge is 0.480 e. The molecule has 0 radical (unpaired) electrons. The van der Waals surface area contributed by atoms with Gasteiger partial charge in [-0.15, -0.1) is 0 Å². The van der Waals surface area contributed by atoms with Gasteiger partial charge in [-0.25, -0.2) is 4.79 Å². The number of hydrogen-bond donors (Lipinski definition) is 4. The molecule has 4 unspecified atom stereocenters. The first-order valence-corrected chi connectivity index (χ1v) is 10.8. The average molecular weight is 427 g/mol. The van der Waals surface area contributed by atoms with E-state index in [4.69, 9.17) is 5.73 Å². The molecule has 0 spiro atoms. The third-order valence-electron chi connectivity index (χ3n) is 5.41. The highest BCUT2D eigenvalue weighted by Gasteiger charge is 2.40. The number of likely N-dealkylation sites (tertiary alicyclic amines) is 1. The van der Waals surface area contributed by atoms with E-state index in [1.54, 1.807) is 0 Å². The summed E-state index contributed by atoms with van der Waals surface area (Å²) in [7, 11) is 0. The van der Waals surface area contributed by atoms with Crippen LogP contribution < -0.4 is 16.4 Å². The monoisotopic (exact) mass is 426 g/mol. The van der Waals surface area contributed by atoms with Crippen molar-refractivity contribution in [3.63, 3.8) is 0 Å². The zero-order chi connectivity index (χ0) is 23.2. The normalized spacial score (nSPS) is 19.7. The molecular formula is C21H38N4O5. The maximum Gasteiger partial charge on any atom is 0.326 e. The first-order valence-electron chi connectivity index (χ1n) is 10.8. The number of carboxylic acid groups (broad SMARTS) is 1. The summed E-state index contributed by atoms with van der Waals surface area (Å²) in [5.74, 6) is -2.49. The van der Waals surface area contributed by atoms with E-state index in [1.807, 2.05) is 41.5 Å². The highest BCUT2D eigenvalue weighted by molar-refractivity contribution is 5.94. The Hall–Kier alpha value is -2.16. The molecule has 1 aliphatic rings. The molecule has 0 aromatic rings. The summed E-state index contributed by atoms with van der Waals surface area (Å²) in [6.07, 6.45) is 1.39. The lowest BCUT2D eigenvalue weighted by Gasteiger charge is -2.32. The van der Waals surface area contributed by atoms with E-state index >= 15 is 0 Å². The Morgan fingerprint density at radius 2 is 1.63 bits per heavy atom. The molecule has 0 aromatic carbocycles. The quantitative estimate of drug-likeness (QED) is 0.405. The zero-order valence-electron chi connectivity index (χ0n) is 19.0. The molecule has 9 heteroatoms. The molecule has 0 aliphatic carbocycles. The lowest BCUT2D eigenvalue weighted by atomic mass is 9.99. The van der Waals surface area contributed by atoms with Crippen LogP contribution in [0.1, 0.15) is 60.8 Å². The Bertz CT molecular complexity index is 635. The van der Waals surface area contributed by atoms with Crippen LogP contribution in [0.25, 0.3) is 0 Å². The van der Waals surface area contributed by atoms with Gasteiger partial charge >= 0.3 is 5.97 Å². The Morgan fingerprint density at radius 1 is 1.03 bits per heavy atom. The smallest absolute Gasteiger partial charge is 0.326 e. The standard InChI is InChI=1S/C21H38N4O5/c1-11(2)10-14(21(29)30)23-18(26)15-8-7-9-25(15)20(28)17(13(5)6)24-19(27)16(22)12(3)4/h11-17H,7-10,22H2,1-6H3,(H,23,26)(H,24,27)(H,29,30). The number of carbonyl (C=O) groups is 4. The summed E-state index contributed by atoms with van der Waals surface area (Å²) in [6.45, 7) is 11.4. The van der Waals surface area contributed by atoms with E-state index in [-0.39, 0.29) is 23.7 Å². The van der Waals surface area contributed by atoms with Crippen molar-refractivity contribution < 1.29 is 24.3 Å². The first kappa shape index (κ1) is 25.9. The van der Waals surface area contributed by atoms with Gasteiger partial charge in [0.05, 0.1) is 6.04 Å². The van der Waals surface area contributed by atoms with Crippen molar-refractivity contribution in [3.8, 4) is 0 Å². The molecule has 4 atom stereocenters. The molecule has 0 bridgehead atoms. The molecule has 0 saturated carbocycles. The van der Waals surface area contributed by atoms with Gasteiger partial charge in [0.25, 0.3) is 0 Å². The summed E-state index contributed by atoms with van der Waals surface area (Å²) in [4.78, 5) is 51.3. The second-order valence-electron chi connectivity index (χ2n) is 9.22. The van der Waals surface area contributed by atoms with E-state index in [2.05, 4.69) is 10.6 Å². The number of nitrogens with one attached hydrogen (secondary N) is 2. The van der Waals surface area contributed by atoms with E-state index in [0.29, 0.717) is 25.8 Å². The molecular weight excluding hydrogens is 388 g/mol. The predicted octanol–water partition coefficient (Wildman–Crippen LogP) is 0.717. The molecule has 0 aromatic heterocycles. The summed E-state index contributed by atoms with van der Waals surface area (Å²) in [6, 6.07) is -3.28. The first-order chi connectivity index (χ1) is 13.9. The van der Waals surface area contributed by atoms with Crippen LogP contribution in [0.2, 0.25) is 0 Å². The zero-order valence-corrected chi connectivity index (χ0v) is 19.0. The second-order valence-corrected chi connectivity index (χ2v) is 9.22. The number of carbonyl (C=O) groups excluding carboxylic acids is 3. The molecule has 30 heavy (non-hydrogen) atoms. The SMILES string of the molecule is CC(C)CC(NC(=O)C1CCCN1C(=O)C(NC(=O)C(N)C(C)C)C(C)C)C(=O)O. The van der Waals surface area contributed by atoms with Gasteiger partial charge < -0.3 is 26.4 Å². The van der Waals surface area contributed by atoms with E-state index in [9.17, 15) is 24.3 Å². The molecule has 1 fully saturated rings.